The molecule has 7 nitrogen and oxygen atoms in total. The van der Waals surface area contributed by atoms with Crippen molar-refractivity contribution in [3.63, 3.8) is 0 Å². The number of carbonyl (C=O) groups is 1. The first-order valence-electron chi connectivity index (χ1n) is 12.5. The van der Waals surface area contributed by atoms with E-state index in [0.29, 0.717) is 31.8 Å². The molecular formula is C26H48O7. The van der Waals surface area contributed by atoms with Crippen molar-refractivity contribution in [2.45, 2.75) is 116 Å². The molecule has 0 bridgehead atoms. The molecule has 2 saturated heterocycles. The highest BCUT2D eigenvalue weighted by molar-refractivity contribution is 5.84. The molecule has 0 aliphatic carbocycles. The summed E-state index contributed by atoms with van der Waals surface area (Å²) in [6, 6.07) is 0. The number of carbonyl (C=O) groups excluding carboxylic acids is 1. The number of rotatable bonds is 11. The van der Waals surface area contributed by atoms with Gasteiger partial charge in [-0.2, -0.15) is 0 Å². The lowest BCUT2D eigenvalue weighted by atomic mass is 9.72. The Labute approximate surface area is 200 Å². The van der Waals surface area contributed by atoms with Gasteiger partial charge in [0.1, 0.15) is 6.10 Å². The van der Waals surface area contributed by atoms with Crippen LogP contribution < -0.4 is 0 Å². The van der Waals surface area contributed by atoms with Crippen LogP contribution in [-0.2, 0) is 28.5 Å². The molecule has 2 aliphatic rings. The van der Waals surface area contributed by atoms with E-state index in [1.165, 1.54) is 0 Å². The fourth-order valence-electron chi connectivity index (χ4n) is 5.40. The SMILES string of the molecule is COC[C@H](C[C@H]1O[C@H]([C@@H](C)CC(=O)[C@@H](O)[C@@]2(C)CC[C@@H](C)[C@@H](C)O2)C[C@@H](OC)C1(C)C)OC. The van der Waals surface area contributed by atoms with Crippen LogP contribution in [0.4, 0.5) is 0 Å². The Bertz CT molecular complexity index is 624. The van der Waals surface area contributed by atoms with Crippen LogP contribution in [-0.4, -0.2) is 81.1 Å². The first-order valence-corrected chi connectivity index (χ1v) is 12.5. The van der Waals surface area contributed by atoms with E-state index in [9.17, 15) is 9.90 Å². The summed E-state index contributed by atoms with van der Waals surface area (Å²) in [5, 5.41) is 10.9. The quantitative estimate of drug-likeness (QED) is 0.490. The monoisotopic (exact) mass is 472 g/mol. The molecule has 7 heteroatoms. The highest BCUT2D eigenvalue weighted by Gasteiger charge is 2.48. The first-order chi connectivity index (χ1) is 15.4. The Hall–Kier alpha value is -0.570. The molecule has 0 aromatic rings. The number of Topliss-reactive ketones (excluding diaryl/α,β-unsaturated/α-hetero) is 1. The molecule has 0 spiro atoms. The lowest BCUT2D eigenvalue weighted by molar-refractivity contribution is -0.207. The number of aliphatic hydroxyl groups excluding tert-OH is 1. The van der Waals surface area contributed by atoms with Crippen molar-refractivity contribution in [3.05, 3.63) is 0 Å². The minimum atomic E-state index is -1.14. The maximum Gasteiger partial charge on any atom is 0.164 e. The van der Waals surface area contributed by atoms with Gasteiger partial charge >= 0.3 is 0 Å². The molecule has 0 aromatic heterocycles. The fraction of sp³-hybridized carbons (Fsp3) is 0.962. The van der Waals surface area contributed by atoms with Gasteiger partial charge in [0.05, 0.1) is 42.7 Å². The van der Waals surface area contributed by atoms with Crippen molar-refractivity contribution < 1.29 is 33.6 Å². The number of hydrogen-bond donors (Lipinski definition) is 1. The van der Waals surface area contributed by atoms with E-state index in [4.69, 9.17) is 23.7 Å². The third-order valence-electron chi connectivity index (χ3n) is 8.29. The van der Waals surface area contributed by atoms with Crippen LogP contribution in [0.5, 0.6) is 0 Å². The Balaban J connectivity index is 2.07. The van der Waals surface area contributed by atoms with Gasteiger partial charge in [-0.05, 0) is 38.5 Å². The Kier molecular flexibility index (Phi) is 10.3. The van der Waals surface area contributed by atoms with E-state index in [1.54, 1.807) is 21.3 Å². The lowest BCUT2D eigenvalue weighted by Gasteiger charge is -2.49. The molecule has 0 amide bonds. The van der Waals surface area contributed by atoms with Gasteiger partial charge in [0.25, 0.3) is 0 Å². The van der Waals surface area contributed by atoms with E-state index in [1.807, 2.05) is 20.8 Å². The van der Waals surface area contributed by atoms with Crippen molar-refractivity contribution in [2.24, 2.45) is 17.3 Å². The van der Waals surface area contributed by atoms with Crippen LogP contribution in [0.15, 0.2) is 0 Å². The largest absolute Gasteiger partial charge is 0.382 e. The summed E-state index contributed by atoms with van der Waals surface area (Å²) in [6.45, 7) is 12.8. The second-order valence-corrected chi connectivity index (χ2v) is 11.2. The third-order valence-corrected chi connectivity index (χ3v) is 8.29. The Morgan fingerprint density at radius 3 is 2.39 bits per heavy atom. The van der Waals surface area contributed by atoms with Crippen LogP contribution in [0.1, 0.15) is 73.6 Å². The Morgan fingerprint density at radius 2 is 1.85 bits per heavy atom. The number of methoxy groups -OCH3 is 3. The molecule has 1 N–H and O–H groups in total. The molecule has 2 fully saturated rings. The number of ketones is 1. The van der Waals surface area contributed by atoms with Gasteiger partial charge in [-0.3, -0.25) is 4.79 Å². The van der Waals surface area contributed by atoms with Crippen molar-refractivity contribution >= 4 is 5.78 Å². The molecule has 0 aromatic carbocycles. The zero-order valence-corrected chi connectivity index (χ0v) is 22.3. The average molecular weight is 473 g/mol. The summed E-state index contributed by atoms with van der Waals surface area (Å²) in [6.07, 6.45) is 1.79. The normalized spacial score (nSPS) is 37.3. The summed E-state index contributed by atoms with van der Waals surface area (Å²) >= 11 is 0. The van der Waals surface area contributed by atoms with Gasteiger partial charge in [0.15, 0.2) is 5.78 Å². The zero-order chi connectivity index (χ0) is 25.0. The Morgan fingerprint density at radius 1 is 1.18 bits per heavy atom. The molecule has 194 valence electrons. The maximum absolute atomic E-state index is 13.1. The summed E-state index contributed by atoms with van der Waals surface area (Å²) in [7, 11) is 5.08. The molecular weight excluding hydrogens is 424 g/mol. The van der Waals surface area contributed by atoms with Crippen molar-refractivity contribution in [2.75, 3.05) is 27.9 Å². The standard InChI is InChI=1S/C26H48O7/c1-16-10-11-26(6,33-18(16)3)24(28)20(27)12-17(2)21-14-22(31-9)25(4,5)23(32-21)13-19(30-8)15-29-7/h16-19,21-24,28H,10-15H2,1-9H3/t16-,17+,18-,19+,21+,22-,23-,24-,26-/m1/s1. The van der Waals surface area contributed by atoms with E-state index in [-0.39, 0.29) is 54.1 Å². The van der Waals surface area contributed by atoms with Crippen LogP contribution in [0.3, 0.4) is 0 Å². The smallest absolute Gasteiger partial charge is 0.164 e. The predicted octanol–water partition coefficient (Wildman–Crippen LogP) is 3.79. The summed E-state index contributed by atoms with van der Waals surface area (Å²) in [5.41, 5.74) is -1.04. The van der Waals surface area contributed by atoms with Crippen LogP contribution in [0, 0.1) is 17.3 Å². The topological polar surface area (TPSA) is 83.5 Å². The predicted molar refractivity (Wildman–Crippen MR) is 127 cm³/mol. The lowest BCUT2D eigenvalue weighted by Crippen LogP contribution is -2.55. The van der Waals surface area contributed by atoms with E-state index in [0.717, 1.165) is 6.42 Å². The van der Waals surface area contributed by atoms with Crippen molar-refractivity contribution in [3.8, 4) is 0 Å². The fourth-order valence-corrected chi connectivity index (χ4v) is 5.40. The molecule has 33 heavy (non-hydrogen) atoms. The molecule has 2 rings (SSSR count). The molecule has 2 heterocycles. The molecule has 0 radical (unpaired) electrons. The van der Waals surface area contributed by atoms with E-state index >= 15 is 0 Å². The second kappa shape index (κ2) is 11.9. The first kappa shape index (κ1) is 28.7. The highest BCUT2D eigenvalue weighted by atomic mass is 16.5. The molecule has 2 aliphatic heterocycles. The summed E-state index contributed by atoms with van der Waals surface area (Å²) < 4.78 is 29.4. The van der Waals surface area contributed by atoms with Gasteiger partial charge in [-0.15, -0.1) is 0 Å². The number of aliphatic hydroxyl groups is 1. The van der Waals surface area contributed by atoms with E-state index in [2.05, 4.69) is 20.8 Å². The molecule has 9 atom stereocenters. The van der Waals surface area contributed by atoms with Gasteiger partial charge < -0.3 is 28.8 Å². The van der Waals surface area contributed by atoms with Crippen LogP contribution in [0.25, 0.3) is 0 Å². The van der Waals surface area contributed by atoms with Crippen LogP contribution >= 0.6 is 0 Å². The minimum Gasteiger partial charge on any atom is -0.382 e. The van der Waals surface area contributed by atoms with Crippen LogP contribution in [0.2, 0.25) is 0 Å². The van der Waals surface area contributed by atoms with Gasteiger partial charge in [-0.1, -0.05) is 27.7 Å². The van der Waals surface area contributed by atoms with E-state index < -0.39 is 11.7 Å². The average Bonchev–Trinajstić information content (AvgIpc) is 2.76. The van der Waals surface area contributed by atoms with Crippen molar-refractivity contribution in [1.29, 1.82) is 0 Å². The second-order valence-electron chi connectivity index (χ2n) is 11.2. The molecule has 0 unspecified atom stereocenters. The minimum absolute atomic E-state index is 0.00897. The summed E-state index contributed by atoms with van der Waals surface area (Å²) in [4.78, 5) is 13.1. The van der Waals surface area contributed by atoms with Gasteiger partial charge in [0.2, 0.25) is 0 Å². The van der Waals surface area contributed by atoms with Gasteiger partial charge in [0, 0.05) is 46.0 Å². The zero-order valence-electron chi connectivity index (χ0n) is 22.3. The molecule has 0 saturated carbocycles. The van der Waals surface area contributed by atoms with Crippen molar-refractivity contribution in [1.82, 2.24) is 0 Å². The summed E-state index contributed by atoms with van der Waals surface area (Å²) in [5.74, 6) is 0.186. The third kappa shape index (κ3) is 6.77. The number of ether oxygens (including phenoxy) is 5. The number of hydrogen-bond acceptors (Lipinski definition) is 7. The maximum atomic E-state index is 13.1. The highest BCUT2D eigenvalue weighted by Crippen LogP contribution is 2.43. The van der Waals surface area contributed by atoms with Gasteiger partial charge in [-0.25, -0.2) is 0 Å².